The molecule has 0 bridgehead atoms. The SMILES string of the molecule is COc1ccc(C(=O)N2CCCCC2C(C)N)c(F)c1. The van der Waals surface area contributed by atoms with Crippen LogP contribution < -0.4 is 10.5 Å². The summed E-state index contributed by atoms with van der Waals surface area (Å²) in [5.74, 6) is -0.433. The molecule has 0 spiro atoms. The van der Waals surface area contributed by atoms with E-state index < -0.39 is 5.82 Å². The summed E-state index contributed by atoms with van der Waals surface area (Å²) in [4.78, 5) is 14.2. The van der Waals surface area contributed by atoms with Gasteiger partial charge in [0, 0.05) is 24.7 Å². The van der Waals surface area contributed by atoms with E-state index in [0.717, 1.165) is 19.3 Å². The molecule has 2 atom stereocenters. The van der Waals surface area contributed by atoms with Gasteiger partial charge in [0.15, 0.2) is 0 Å². The van der Waals surface area contributed by atoms with E-state index in [0.29, 0.717) is 12.3 Å². The number of amides is 1. The summed E-state index contributed by atoms with van der Waals surface area (Å²) in [5.41, 5.74) is 6.03. The van der Waals surface area contributed by atoms with Gasteiger partial charge >= 0.3 is 0 Å². The molecule has 4 nitrogen and oxygen atoms in total. The second kappa shape index (κ2) is 6.22. The zero-order valence-corrected chi connectivity index (χ0v) is 11.9. The van der Waals surface area contributed by atoms with Crippen molar-refractivity contribution in [2.75, 3.05) is 13.7 Å². The number of likely N-dealkylation sites (tertiary alicyclic amines) is 1. The van der Waals surface area contributed by atoms with Crippen molar-refractivity contribution in [3.8, 4) is 5.75 Å². The molecule has 1 saturated heterocycles. The number of carbonyl (C=O) groups is 1. The van der Waals surface area contributed by atoms with Crippen molar-refractivity contribution in [3.63, 3.8) is 0 Å². The molecular weight excluding hydrogens is 259 g/mol. The molecule has 1 aromatic carbocycles. The normalized spacial score (nSPS) is 20.6. The summed E-state index contributed by atoms with van der Waals surface area (Å²) < 4.78 is 19.0. The zero-order valence-electron chi connectivity index (χ0n) is 11.9. The Morgan fingerprint density at radius 2 is 2.25 bits per heavy atom. The Bertz CT molecular complexity index is 491. The molecule has 110 valence electrons. The van der Waals surface area contributed by atoms with Crippen LogP contribution in [0.3, 0.4) is 0 Å². The Hall–Kier alpha value is -1.62. The first-order valence-corrected chi connectivity index (χ1v) is 6.94. The molecule has 1 aliphatic heterocycles. The van der Waals surface area contributed by atoms with Gasteiger partial charge in [-0.25, -0.2) is 4.39 Å². The van der Waals surface area contributed by atoms with Crippen molar-refractivity contribution in [1.29, 1.82) is 0 Å². The van der Waals surface area contributed by atoms with Gasteiger partial charge in [-0.05, 0) is 38.3 Å². The number of benzene rings is 1. The highest BCUT2D eigenvalue weighted by Crippen LogP contribution is 2.24. The number of ether oxygens (including phenoxy) is 1. The van der Waals surface area contributed by atoms with Crippen LogP contribution in [0.5, 0.6) is 5.75 Å². The maximum atomic E-state index is 14.0. The predicted molar refractivity (Wildman–Crippen MR) is 75.3 cm³/mol. The molecule has 2 unspecified atom stereocenters. The third kappa shape index (κ3) is 2.93. The molecule has 0 aliphatic carbocycles. The Morgan fingerprint density at radius 3 is 2.85 bits per heavy atom. The Kier molecular flexibility index (Phi) is 4.60. The maximum absolute atomic E-state index is 14.0. The molecule has 0 saturated carbocycles. The lowest BCUT2D eigenvalue weighted by atomic mass is 9.96. The summed E-state index contributed by atoms with van der Waals surface area (Å²) in [7, 11) is 1.47. The first kappa shape index (κ1) is 14.8. The second-order valence-electron chi connectivity index (χ2n) is 5.27. The molecule has 0 radical (unpaired) electrons. The smallest absolute Gasteiger partial charge is 0.257 e. The lowest BCUT2D eigenvalue weighted by Gasteiger charge is -2.38. The number of nitrogens with two attached hydrogens (primary N) is 1. The van der Waals surface area contributed by atoms with E-state index in [-0.39, 0.29) is 23.6 Å². The van der Waals surface area contributed by atoms with Gasteiger partial charge in [0.2, 0.25) is 0 Å². The number of hydrogen-bond acceptors (Lipinski definition) is 3. The fourth-order valence-electron chi connectivity index (χ4n) is 2.71. The van der Waals surface area contributed by atoms with E-state index in [1.807, 2.05) is 6.92 Å². The van der Waals surface area contributed by atoms with Crippen LogP contribution in [0.15, 0.2) is 18.2 Å². The average molecular weight is 280 g/mol. The van der Waals surface area contributed by atoms with E-state index in [1.165, 1.54) is 19.2 Å². The van der Waals surface area contributed by atoms with E-state index in [4.69, 9.17) is 10.5 Å². The molecule has 20 heavy (non-hydrogen) atoms. The number of halogens is 1. The van der Waals surface area contributed by atoms with E-state index in [9.17, 15) is 9.18 Å². The summed E-state index contributed by atoms with van der Waals surface area (Å²) in [6.07, 6.45) is 2.87. The highest BCUT2D eigenvalue weighted by atomic mass is 19.1. The first-order chi connectivity index (χ1) is 9.54. The van der Waals surface area contributed by atoms with Gasteiger partial charge in [-0.1, -0.05) is 0 Å². The third-order valence-electron chi connectivity index (χ3n) is 3.82. The molecule has 0 aromatic heterocycles. The van der Waals surface area contributed by atoms with Gasteiger partial charge in [0.05, 0.1) is 12.7 Å². The Morgan fingerprint density at radius 1 is 1.50 bits per heavy atom. The fourth-order valence-corrected chi connectivity index (χ4v) is 2.71. The van der Waals surface area contributed by atoms with Crippen LogP contribution >= 0.6 is 0 Å². The van der Waals surface area contributed by atoms with Crippen molar-refractivity contribution in [1.82, 2.24) is 4.90 Å². The topological polar surface area (TPSA) is 55.6 Å². The summed E-state index contributed by atoms with van der Waals surface area (Å²) in [6, 6.07) is 4.18. The molecule has 2 rings (SSSR count). The van der Waals surface area contributed by atoms with Crippen LogP contribution in [0, 0.1) is 5.82 Å². The minimum atomic E-state index is -0.552. The monoisotopic (exact) mass is 280 g/mol. The quantitative estimate of drug-likeness (QED) is 0.923. The number of rotatable bonds is 3. The molecule has 1 fully saturated rings. The van der Waals surface area contributed by atoms with Gasteiger partial charge < -0.3 is 15.4 Å². The predicted octanol–water partition coefficient (Wildman–Crippen LogP) is 2.18. The molecule has 1 amide bonds. The second-order valence-corrected chi connectivity index (χ2v) is 5.27. The van der Waals surface area contributed by atoms with Crippen LogP contribution in [-0.4, -0.2) is 36.5 Å². The highest BCUT2D eigenvalue weighted by Gasteiger charge is 2.31. The number of carbonyl (C=O) groups excluding carboxylic acids is 1. The summed E-state index contributed by atoms with van der Waals surface area (Å²) >= 11 is 0. The van der Waals surface area contributed by atoms with Crippen LogP contribution in [-0.2, 0) is 0 Å². The van der Waals surface area contributed by atoms with Crippen molar-refractivity contribution in [2.45, 2.75) is 38.3 Å². The van der Waals surface area contributed by atoms with Gasteiger partial charge in [-0.15, -0.1) is 0 Å². The minimum Gasteiger partial charge on any atom is -0.497 e. The fraction of sp³-hybridized carbons (Fsp3) is 0.533. The zero-order chi connectivity index (χ0) is 14.7. The Labute approximate surface area is 118 Å². The van der Waals surface area contributed by atoms with Crippen molar-refractivity contribution in [2.24, 2.45) is 5.73 Å². The van der Waals surface area contributed by atoms with Crippen molar-refractivity contribution in [3.05, 3.63) is 29.6 Å². The molecule has 1 aliphatic rings. The van der Waals surface area contributed by atoms with Gasteiger partial charge in [0.1, 0.15) is 11.6 Å². The number of piperidine rings is 1. The first-order valence-electron chi connectivity index (χ1n) is 6.94. The molecule has 5 heteroatoms. The minimum absolute atomic E-state index is 0.0160. The summed E-state index contributed by atoms with van der Waals surface area (Å²) in [6.45, 7) is 2.52. The van der Waals surface area contributed by atoms with Gasteiger partial charge in [-0.2, -0.15) is 0 Å². The van der Waals surface area contributed by atoms with Crippen molar-refractivity contribution < 1.29 is 13.9 Å². The van der Waals surface area contributed by atoms with E-state index >= 15 is 0 Å². The van der Waals surface area contributed by atoms with Gasteiger partial charge in [-0.3, -0.25) is 4.79 Å². The van der Waals surface area contributed by atoms with Crippen LogP contribution in [0.4, 0.5) is 4.39 Å². The maximum Gasteiger partial charge on any atom is 0.257 e. The number of nitrogens with zero attached hydrogens (tertiary/aromatic N) is 1. The molecule has 1 aromatic rings. The largest absolute Gasteiger partial charge is 0.497 e. The summed E-state index contributed by atoms with van der Waals surface area (Å²) in [5, 5.41) is 0. The van der Waals surface area contributed by atoms with Crippen LogP contribution in [0.25, 0.3) is 0 Å². The average Bonchev–Trinajstić information content (AvgIpc) is 2.46. The molecular formula is C15H21FN2O2. The molecule has 2 N–H and O–H groups in total. The van der Waals surface area contributed by atoms with E-state index in [1.54, 1.807) is 11.0 Å². The van der Waals surface area contributed by atoms with E-state index in [2.05, 4.69) is 0 Å². The lowest BCUT2D eigenvalue weighted by molar-refractivity contribution is 0.0579. The Balaban J connectivity index is 2.25. The number of methoxy groups -OCH3 is 1. The standard InChI is InChI=1S/C15H21FN2O2/c1-10(17)14-5-3-4-8-18(14)15(19)12-7-6-11(20-2)9-13(12)16/h6-7,9-10,14H,3-5,8,17H2,1-2H3. The third-order valence-corrected chi connectivity index (χ3v) is 3.82. The molecule has 1 heterocycles. The van der Waals surface area contributed by atoms with Gasteiger partial charge in [0.25, 0.3) is 5.91 Å². The van der Waals surface area contributed by atoms with Crippen molar-refractivity contribution >= 4 is 5.91 Å². The van der Waals surface area contributed by atoms with Crippen LogP contribution in [0.1, 0.15) is 36.5 Å². The highest BCUT2D eigenvalue weighted by molar-refractivity contribution is 5.95. The van der Waals surface area contributed by atoms with Crippen LogP contribution in [0.2, 0.25) is 0 Å². The lowest BCUT2D eigenvalue weighted by Crippen LogP contribution is -2.51. The number of hydrogen-bond donors (Lipinski definition) is 1.